The zero-order valence-corrected chi connectivity index (χ0v) is 12.6. The number of rotatable bonds is 3. The second-order valence-electron chi connectivity index (χ2n) is 6.03. The van der Waals surface area contributed by atoms with Gasteiger partial charge in [0.05, 0.1) is 20.3 Å². The fraction of sp³-hybridized carbons (Fsp3) is 0.562. The van der Waals surface area contributed by atoms with Crippen molar-refractivity contribution in [3.05, 3.63) is 23.3 Å². The molecule has 0 amide bonds. The number of fused-ring (bicyclic) bond motifs is 4. The van der Waals surface area contributed by atoms with Gasteiger partial charge in [0.1, 0.15) is 17.1 Å². The fourth-order valence-corrected chi connectivity index (χ4v) is 3.95. The van der Waals surface area contributed by atoms with Gasteiger partial charge in [-0.05, 0) is 12.5 Å². The number of aliphatic hydroxyl groups is 3. The lowest BCUT2D eigenvalue weighted by atomic mass is 9.58. The molecule has 0 radical (unpaired) electrons. The van der Waals surface area contributed by atoms with Crippen LogP contribution in [0.25, 0.3) is 0 Å². The number of ether oxygens (including phenoxy) is 2. The molecule has 2 aliphatic carbocycles. The van der Waals surface area contributed by atoms with E-state index >= 15 is 0 Å². The molecule has 1 fully saturated rings. The van der Waals surface area contributed by atoms with Gasteiger partial charge in [-0.2, -0.15) is 0 Å². The van der Waals surface area contributed by atoms with Crippen LogP contribution in [0.4, 0.5) is 0 Å². The van der Waals surface area contributed by atoms with Gasteiger partial charge in [0.2, 0.25) is 0 Å². The summed E-state index contributed by atoms with van der Waals surface area (Å²) >= 11 is 0. The minimum atomic E-state index is -1.49. The Hall–Kier alpha value is -1.63. The first-order valence-corrected chi connectivity index (χ1v) is 7.28. The third-order valence-electron chi connectivity index (χ3n) is 4.94. The highest BCUT2D eigenvalue weighted by molar-refractivity contribution is 6.02. The van der Waals surface area contributed by atoms with Crippen molar-refractivity contribution < 1.29 is 29.6 Å². The first-order valence-electron chi connectivity index (χ1n) is 7.28. The van der Waals surface area contributed by atoms with E-state index in [2.05, 4.69) is 0 Å². The van der Waals surface area contributed by atoms with Gasteiger partial charge in [-0.25, -0.2) is 0 Å². The highest BCUT2D eigenvalue weighted by Crippen LogP contribution is 2.54. The summed E-state index contributed by atoms with van der Waals surface area (Å²) in [6.45, 7) is -0.325. The Kier molecular flexibility index (Phi) is 3.63. The van der Waals surface area contributed by atoms with E-state index in [1.165, 1.54) is 14.2 Å². The summed E-state index contributed by atoms with van der Waals surface area (Å²) < 4.78 is 10.5. The summed E-state index contributed by atoms with van der Waals surface area (Å²) in [5.41, 5.74) is -0.798. The molecular weight excluding hydrogens is 288 g/mol. The van der Waals surface area contributed by atoms with Crippen LogP contribution >= 0.6 is 0 Å². The van der Waals surface area contributed by atoms with Gasteiger partial charge in [-0.3, -0.25) is 4.79 Å². The van der Waals surface area contributed by atoms with E-state index in [4.69, 9.17) is 9.47 Å². The van der Waals surface area contributed by atoms with E-state index in [0.29, 0.717) is 22.6 Å². The van der Waals surface area contributed by atoms with Crippen LogP contribution in [-0.2, 0) is 5.60 Å². The standard InChI is InChI=1S/C16H20O6/c1-21-9-4-11-14(13(5-9)22-2)16(20)6-8(18)3-10(15(11)19)12(16)7-17/h4-5,8,10,12,17-18,20H,3,6-7H2,1-2H3/t8-,10+,12+,16+/m0/s1. The van der Waals surface area contributed by atoms with E-state index in [1.807, 2.05) is 0 Å². The fourth-order valence-electron chi connectivity index (χ4n) is 3.95. The number of ketones is 1. The Balaban J connectivity index is 2.29. The van der Waals surface area contributed by atoms with Crippen LogP contribution in [-0.4, -0.2) is 48.0 Å². The maximum Gasteiger partial charge on any atom is 0.167 e. The Morgan fingerprint density at radius 1 is 1.32 bits per heavy atom. The second kappa shape index (κ2) is 5.22. The van der Waals surface area contributed by atoms with Crippen molar-refractivity contribution in [2.24, 2.45) is 11.8 Å². The zero-order chi connectivity index (χ0) is 16.1. The first-order chi connectivity index (χ1) is 10.5. The Bertz CT molecular complexity index is 613. The van der Waals surface area contributed by atoms with Crippen molar-refractivity contribution in [3.8, 4) is 11.5 Å². The Morgan fingerprint density at radius 3 is 2.64 bits per heavy atom. The normalized spacial score (nSPS) is 33.3. The molecule has 1 aromatic carbocycles. The number of Topliss-reactive ketones (excluding diaryl/α,β-unsaturated/α-hetero) is 1. The molecule has 6 nitrogen and oxygen atoms in total. The molecule has 0 heterocycles. The van der Waals surface area contributed by atoms with Gasteiger partial charge in [-0.1, -0.05) is 0 Å². The summed E-state index contributed by atoms with van der Waals surface area (Å²) in [6, 6.07) is 3.18. The van der Waals surface area contributed by atoms with Crippen molar-refractivity contribution in [3.63, 3.8) is 0 Å². The second-order valence-corrected chi connectivity index (χ2v) is 6.03. The van der Waals surface area contributed by atoms with Crippen LogP contribution in [0, 0.1) is 11.8 Å². The number of carbonyl (C=O) groups excluding carboxylic acids is 1. The topological polar surface area (TPSA) is 96.2 Å². The van der Waals surface area contributed by atoms with Crippen molar-refractivity contribution in [1.29, 1.82) is 0 Å². The quantitative estimate of drug-likeness (QED) is 0.751. The molecule has 0 unspecified atom stereocenters. The third-order valence-corrected chi connectivity index (χ3v) is 4.94. The average molecular weight is 308 g/mol. The third kappa shape index (κ3) is 1.95. The van der Waals surface area contributed by atoms with E-state index in [9.17, 15) is 20.1 Å². The van der Waals surface area contributed by atoms with E-state index < -0.39 is 23.5 Å². The first kappa shape index (κ1) is 15.3. The highest BCUT2D eigenvalue weighted by atomic mass is 16.5. The van der Waals surface area contributed by atoms with Crippen LogP contribution < -0.4 is 9.47 Å². The lowest BCUT2D eigenvalue weighted by Gasteiger charge is -2.49. The highest BCUT2D eigenvalue weighted by Gasteiger charge is 2.56. The number of aliphatic hydroxyl groups excluding tert-OH is 2. The monoisotopic (exact) mass is 308 g/mol. The molecule has 3 rings (SSSR count). The number of carbonyl (C=O) groups is 1. The predicted molar refractivity (Wildman–Crippen MR) is 77.1 cm³/mol. The van der Waals surface area contributed by atoms with Crippen LogP contribution in [0.2, 0.25) is 0 Å². The van der Waals surface area contributed by atoms with Crippen molar-refractivity contribution in [2.45, 2.75) is 24.5 Å². The average Bonchev–Trinajstić information content (AvgIpc) is 2.50. The lowest BCUT2D eigenvalue weighted by molar-refractivity contribution is -0.131. The van der Waals surface area contributed by atoms with Gasteiger partial charge in [0.15, 0.2) is 5.78 Å². The summed E-state index contributed by atoms with van der Waals surface area (Å²) in [6.07, 6.45) is -0.482. The van der Waals surface area contributed by atoms with Crippen molar-refractivity contribution >= 4 is 5.78 Å². The number of hydrogen-bond donors (Lipinski definition) is 3. The molecule has 1 aromatic rings. The van der Waals surface area contributed by atoms with E-state index in [0.717, 1.165) is 0 Å². The number of benzene rings is 1. The SMILES string of the molecule is COc1cc(OC)c2c(c1)C(=O)[C@@H]1C[C@H](O)C[C@@]2(O)[C@@H]1CO. The molecule has 0 aromatic heterocycles. The van der Waals surface area contributed by atoms with Crippen molar-refractivity contribution in [2.75, 3.05) is 20.8 Å². The molecule has 0 saturated heterocycles. The van der Waals surface area contributed by atoms with Gasteiger partial charge < -0.3 is 24.8 Å². The molecule has 6 heteroatoms. The smallest absolute Gasteiger partial charge is 0.167 e. The van der Waals surface area contributed by atoms with Gasteiger partial charge >= 0.3 is 0 Å². The summed E-state index contributed by atoms with van der Waals surface area (Å²) in [7, 11) is 2.94. The van der Waals surface area contributed by atoms with Crippen molar-refractivity contribution in [1.82, 2.24) is 0 Å². The minimum absolute atomic E-state index is 0.0672. The molecule has 0 aliphatic heterocycles. The maximum atomic E-state index is 12.8. The molecule has 4 atom stereocenters. The minimum Gasteiger partial charge on any atom is -0.497 e. The Labute approximate surface area is 128 Å². The van der Waals surface area contributed by atoms with Crippen LogP contribution in [0.1, 0.15) is 28.8 Å². The molecule has 2 bridgehead atoms. The van der Waals surface area contributed by atoms with E-state index in [1.54, 1.807) is 12.1 Å². The zero-order valence-electron chi connectivity index (χ0n) is 12.6. The molecule has 1 saturated carbocycles. The number of hydrogen-bond acceptors (Lipinski definition) is 6. The van der Waals surface area contributed by atoms with Crippen LogP contribution in [0.15, 0.2) is 12.1 Å². The summed E-state index contributed by atoms with van der Waals surface area (Å²) in [4.78, 5) is 12.8. The van der Waals surface area contributed by atoms with Crippen LogP contribution in [0.5, 0.6) is 11.5 Å². The Morgan fingerprint density at radius 2 is 2.05 bits per heavy atom. The van der Waals surface area contributed by atoms with Gasteiger partial charge in [0.25, 0.3) is 0 Å². The summed E-state index contributed by atoms with van der Waals surface area (Å²) in [5.74, 6) is -0.652. The van der Waals surface area contributed by atoms with E-state index in [-0.39, 0.29) is 25.2 Å². The van der Waals surface area contributed by atoms with Crippen LogP contribution in [0.3, 0.4) is 0 Å². The maximum absolute atomic E-state index is 12.8. The van der Waals surface area contributed by atoms with Gasteiger partial charge in [0, 0.05) is 42.1 Å². The molecule has 3 N–H and O–H groups in total. The number of methoxy groups -OCH3 is 2. The summed E-state index contributed by atoms with van der Waals surface area (Å²) in [5, 5.41) is 30.9. The molecule has 120 valence electrons. The molecule has 2 aliphatic rings. The molecular formula is C16H20O6. The lowest BCUT2D eigenvalue weighted by Crippen LogP contribution is -2.55. The molecule has 0 spiro atoms. The molecule has 22 heavy (non-hydrogen) atoms. The largest absolute Gasteiger partial charge is 0.497 e. The predicted octanol–water partition coefficient (Wildman–Crippen LogP) is 0.467. The van der Waals surface area contributed by atoms with Gasteiger partial charge in [-0.15, -0.1) is 0 Å².